The molecular weight excluding hydrogens is 450 g/mol. The second-order valence-electron chi connectivity index (χ2n) is 8.37. The molecule has 1 aromatic heterocycles. The van der Waals surface area contributed by atoms with E-state index >= 15 is 0 Å². The molecule has 0 fully saturated rings. The summed E-state index contributed by atoms with van der Waals surface area (Å²) < 4.78 is 0. The molecule has 1 aromatic rings. The molecule has 10 N–H and O–H groups in total. The van der Waals surface area contributed by atoms with Gasteiger partial charge in [-0.05, 0) is 19.3 Å². The monoisotopic (exact) mass is 483 g/mol. The van der Waals surface area contributed by atoms with Crippen LogP contribution in [0.15, 0.2) is 12.5 Å². The van der Waals surface area contributed by atoms with E-state index in [1.807, 2.05) is 13.8 Å². The Morgan fingerprint density at radius 1 is 1.03 bits per heavy atom. The van der Waals surface area contributed by atoms with Crippen molar-refractivity contribution in [2.24, 2.45) is 17.4 Å². The molecule has 0 aliphatic rings. The molecule has 0 aliphatic heterocycles. The number of rotatable bonds is 14. The predicted molar refractivity (Wildman–Crippen MR) is 119 cm³/mol. The minimum atomic E-state index is -1.60. The first kappa shape index (κ1) is 28.5. The summed E-state index contributed by atoms with van der Waals surface area (Å²) in [6.07, 6.45) is 1.08. The second kappa shape index (κ2) is 13.3. The lowest BCUT2D eigenvalue weighted by Crippen LogP contribution is -2.59. The first-order valence-electron chi connectivity index (χ1n) is 10.6. The van der Waals surface area contributed by atoms with Gasteiger partial charge in [-0.3, -0.25) is 19.2 Å². The average molecular weight is 484 g/mol. The maximum Gasteiger partial charge on any atom is 0.328 e. The van der Waals surface area contributed by atoms with Crippen LogP contribution in [0, 0.1) is 5.92 Å². The largest absolute Gasteiger partial charge is 0.480 e. The third-order valence-corrected chi connectivity index (χ3v) is 4.76. The van der Waals surface area contributed by atoms with E-state index in [9.17, 15) is 34.2 Å². The molecule has 34 heavy (non-hydrogen) atoms. The minimum absolute atomic E-state index is 0.0464. The third-order valence-electron chi connectivity index (χ3n) is 4.76. The van der Waals surface area contributed by atoms with Crippen LogP contribution in [-0.2, 0) is 30.4 Å². The number of H-pyrrole nitrogens is 1. The van der Waals surface area contributed by atoms with Crippen molar-refractivity contribution in [2.45, 2.75) is 70.3 Å². The van der Waals surface area contributed by atoms with E-state index in [1.54, 1.807) is 0 Å². The van der Waals surface area contributed by atoms with Crippen molar-refractivity contribution in [3.8, 4) is 0 Å². The van der Waals surface area contributed by atoms with Gasteiger partial charge in [0.2, 0.25) is 23.6 Å². The number of nitrogens with zero attached hydrogens (tertiary/aromatic N) is 1. The topological polar surface area (TPSA) is 243 Å². The molecule has 14 nitrogen and oxygen atoms in total. The molecule has 0 radical (unpaired) electrons. The van der Waals surface area contributed by atoms with Crippen molar-refractivity contribution in [1.29, 1.82) is 0 Å². The SMILES string of the molecule is CC(C)CC(NC(=O)C(N)CC(N)=O)C(=O)NC(Cc1cnc[nH]1)C(=O)NC(C(=O)O)C(C)O. The van der Waals surface area contributed by atoms with E-state index in [0.29, 0.717) is 5.69 Å². The average Bonchev–Trinajstić information content (AvgIpc) is 3.22. The number of aliphatic hydroxyl groups is 1. The molecule has 0 saturated heterocycles. The summed E-state index contributed by atoms with van der Waals surface area (Å²) in [7, 11) is 0. The van der Waals surface area contributed by atoms with Gasteiger partial charge in [0.05, 0.1) is 24.9 Å². The van der Waals surface area contributed by atoms with E-state index in [-0.39, 0.29) is 18.8 Å². The van der Waals surface area contributed by atoms with Gasteiger partial charge < -0.3 is 42.6 Å². The van der Waals surface area contributed by atoms with Gasteiger partial charge in [-0.25, -0.2) is 9.78 Å². The fourth-order valence-corrected chi connectivity index (χ4v) is 3.03. The fraction of sp³-hybridized carbons (Fsp3) is 0.600. The number of carbonyl (C=O) groups excluding carboxylic acids is 4. The Kier molecular flexibility index (Phi) is 11.1. The lowest BCUT2D eigenvalue weighted by atomic mass is 10.0. The van der Waals surface area contributed by atoms with Gasteiger partial charge in [-0.15, -0.1) is 0 Å². The normalized spacial score (nSPS) is 15.5. The smallest absolute Gasteiger partial charge is 0.328 e. The quantitative estimate of drug-likeness (QED) is 0.135. The maximum absolute atomic E-state index is 13.0. The highest BCUT2D eigenvalue weighted by Crippen LogP contribution is 2.08. The van der Waals surface area contributed by atoms with Crippen molar-refractivity contribution in [3.05, 3.63) is 18.2 Å². The summed E-state index contributed by atoms with van der Waals surface area (Å²) >= 11 is 0. The zero-order valence-electron chi connectivity index (χ0n) is 19.3. The Balaban J connectivity index is 3.07. The number of aliphatic carboxylic acids is 1. The lowest BCUT2D eigenvalue weighted by Gasteiger charge is -2.26. The summed E-state index contributed by atoms with van der Waals surface area (Å²) in [6.45, 7) is 4.82. The number of nitrogens with two attached hydrogens (primary N) is 2. The van der Waals surface area contributed by atoms with Crippen LogP contribution in [0.4, 0.5) is 0 Å². The molecule has 190 valence electrons. The molecule has 0 saturated carbocycles. The number of hydrogen-bond acceptors (Lipinski definition) is 8. The summed E-state index contributed by atoms with van der Waals surface area (Å²) in [5.41, 5.74) is 11.2. The number of aromatic nitrogens is 2. The first-order valence-corrected chi connectivity index (χ1v) is 10.6. The Hall–Kier alpha value is -3.52. The molecule has 1 rings (SSSR count). The maximum atomic E-state index is 13.0. The van der Waals surface area contributed by atoms with Gasteiger partial charge in [-0.1, -0.05) is 13.8 Å². The van der Waals surface area contributed by atoms with Crippen LogP contribution in [0.3, 0.4) is 0 Å². The Bertz CT molecular complexity index is 857. The van der Waals surface area contributed by atoms with Gasteiger partial charge in [0.1, 0.15) is 12.1 Å². The zero-order valence-corrected chi connectivity index (χ0v) is 19.3. The van der Waals surface area contributed by atoms with Crippen LogP contribution in [0.5, 0.6) is 0 Å². The highest BCUT2D eigenvalue weighted by molar-refractivity contribution is 5.95. The van der Waals surface area contributed by atoms with Crippen LogP contribution in [-0.4, -0.2) is 80.1 Å². The van der Waals surface area contributed by atoms with Crippen molar-refractivity contribution in [3.63, 3.8) is 0 Å². The first-order chi connectivity index (χ1) is 15.8. The molecule has 14 heteroatoms. The van der Waals surface area contributed by atoms with Crippen molar-refractivity contribution < 1.29 is 34.2 Å². The highest BCUT2D eigenvalue weighted by atomic mass is 16.4. The van der Waals surface area contributed by atoms with Crippen molar-refractivity contribution in [2.75, 3.05) is 0 Å². The molecule has 0 aromatic carbocycles. The van der Waals surface area contributed by atoms with Gasteiger partial charge in [-0.2, -0.15) is 0 Å². The van der Waals surface area contributed by atoms with Gasteiger partial charge in [0.15, 0.2) is 6.04 Å². The molecule has 4 amide bonds. The van der Waals surface area contributed by atoms with Gasteiger partial charge in [0.25, 0.3) is 0 Å². The van der Waals surface area contributed by atoms with Gasteiger partial charge in [0, 0.05) is 18.3 Å². The number of amides is 4. The fourth-order valence-electron chi connectivity index (χ4n) is 3.03. The third kappa shape index (κ3) is 9.54. The summed E-state index contributed by atoms with van der Waals surface area (Å²) in [4.78, 5) is 67.2. The van der Waals surface area contributed by atoms with Crippen LogP contribution < -0.4 is 27.4 Å². The summed E-state index contributed by atoms with van der Waals surface area (Å²) in [5, 5.41) is 26.1. The van der Waals surface area contributed by atoms with Gasteiger partial charge >= 0.3 is 5.97 Å². The molecular formula is C20H33N7O7. The summed E-state index contributed by atoms with van der Waals surface area (Å²) in [6, 6.07) is -5.23. The number of nitrogens with one attached hydrogen (secondary N) is 4. The van der Waals surface area contributed by atoms with Crippen molar-refractivity contribution in [1.82, 2.24) is 25.9 Å². The van der Waals surface area contributed by atoms with E-state index < -0.39 is 66.3 Å². The number of carboxylic acid groups (broad SMARTS) is 1. The minimum Gasteiger partial charge on any atom is -0.480 e. The molecule has 1 heterocycles. The van der Waals surface area contributed by atoms with Crippen molar-refractivity contribution >= 4 is 29.6 Å². The van der Waals surface area contributed by atoms with E-state index in [2.05, 4.69) is 25.9 Å². The standard InChI is InChI=1S/C20H33N7O7/c1-9(2)4-13(25-17(30)12(21)6-15(22)29)18(31)26-14(5-11-7-23-8-24-11)19(32)27-16(10(3)28)20(33)34/h7-10,12-14,16,28H,4-6,21H2,1-3H3,(H2,22,29)(H,23,24)(H,25,30)(H,26,31)(H,27,32)(H,33,34). The predicted octanol–water partition coefficient (Wildman–Crippen LogP) is -2.88. The molecule has 0 aliphatic carbocycles. The molecule has 5 atom stereocenters. The number of aromatic amines is 1. The lowest BCUT2D eigenvalue weighted by molar-refractivity contribution is -0.145. The van der Waals surface area contributed by atoms with Crippen LogP contribution in [0.1, 0.15) is 39.3 Å². The molecule has 5 unspecified atom stereocenters. The van der Waals surface area contributed by atoms with Crippen LogP contribution in [0.2, 0.25) is 0 Å². The van der Waals surface area contributed by atoms with Crippen LogP contribution in [0.25, 0.3) is 0 Å². The number of imidazole rings is 1. The number of aliphatic hydroxyl groups excluding tert-OH is 1. The van der Waals surface area contributed by atoms with E-state index in [0.717, 1.165) is 0 Å². The summed E-state index contributed by atoms with van der Waals surface area (Å²) in [5.74, 6) is -4.64. The van der Waals surface area contributed by atoms with E-state index in [1.165, 1.54) is 19.4 Å². The molecule has 0 spiro atoms. The van der Waals surface area contributed by atoms with Crippen LogP contribution >= 0.6 is 0 Å². The highest BCUT2D eigenvalue weighted by Gasteiger charge is 2.32. The Labute approximate surface area is 196 Å². The Morgan fingerprint density at radius 3 is 2.09 bits per heavy atom. The zero-order chi connectivity index (χ0) is 26.0. The van der Waals surface area contributed by atoms with E-state index in [4.69, 9.17) is 11.5 Å². The molecule has 0 bridgehead atoms. The number of hydrogen-bond donors (Lipinski definition) is 8. The number of primary amides is 1. The Morgan fingerprint density at radius 2 is 1.62 bits per heavy atom. The number of carbonyl (C=O) groups is 5. The second-order valence-corrected chi connectivity index (χ2v) is 8.37. The number of carboxylic acids is 1.